The van der Waals surface area contributed by atoms with E-state index in [4.69, 9.17) is 9.73 Å². The molecule has 3 atom stereocenters. The van der Waals surface area contributed by atoms with Gasteiger partial charge >= 0.3 is 0 Å². The molecule has 7 heteroatoms. The fourth-order valence-corrected chi connectivity index (χ4v) is 4.10. The molecule has 0 spiro atoms. The molecule has 1 saturated heterocycles. The van der Waals surface area contributed by atoms with E-state index >= 15 is 0 Å². The summed E-state index contributed by atoms with van der Waals surface area (Å²) in [6.07, 6.45) is 0.480. The van der Waals surface area contributed by atoms with E-state index < -0.39 is 5.60 Å². The Balaban J connectivity index is 1.99. The fraction of sp³-hybridized carbons (Fsp3) is 0.750. The van der Waals surface area contributed by atoms with E-state index in [-0.39, 0.29) is 17.7 Å². The van der Waals surface area contributed by atoms with Gasteiger partial charge in [-0.1, -0.05) is 0 Å². The van der Waals surface area contributed by atoms with Crippen molar-refractivity contribution in [3.8, 4) is 0 Å². The van der Waals surface area contributed by atoms with Crippen LogP contribution in [0.2, 0.25) is 0 Å². The Morgan fingerprint density at radius 1 is 1.30 bits per heavy atom. The van der Waals surface area contributed by atoms with E-state index in [2.05, 4.69) is 43.2 Å². The molecule has 0 amide bonds. The Kier molecular flexibility index (Phi) is 7.68. The minimum Gasteiger partial charge on any atom is -0.384 e. The molecule has 1 aromatic rings. The summed E-state index contributed by atoms with van der Waals surface area (Å²) in [5.74, 6) is 0.732. The average Bonchev–Trinajstić information content (AvgIpc) is 3.12. The summed E-state index contributed by atoms with van der Waals surface area (Å²) in [6.45, 7) is 16.3. The normalized spacial score (nSPS) is 24.5. The SMILES string of the molecule is CCNC(=NCC(C)(C)N1CC(C)OC(C)C1)NCC(C)(O)c1ccsc1. The zero-order valence-electron chi connectivity index (χ0n) is 17.6. The number of aliphatic hydroxyl groups is 1. The quantitative estimate of drug-likeness (QED) is 0.488. The summed E-state index contributed by atoms with van der Waals surface area (Å²) in [5, 5.41) is 21.3. The van der Waals surface area contributed by atoms with E-state index in [0.29, 0.717) is 13.1 Å². The Hall–Kier alpha value is -1.15. The lowest BCUT2D eigenvalue weighted by molar-refractivity contribution is -0.0939. The minimum absolute atomic E-state index is 0.0650. The number of nitrogens with one attached hydrogen (secondary N) is 2. The fourth-order valence-electron chi connectivity index (χ4n) is 3.32. The van der Waals surface area contributed by atoms with E-state index in [0.717, 1.165) is 31.2 Å². The van der Waals surface area contributed by atoms with Gasteiger partial charge in [0.2, 0.25) is 0 Å². The minimum atomic E-state index is -0.930. The predicted molar refractivity (Wildman–Crippen MR) is 114 cm³/mol. The zero-order chi connectivity index (χ0) is 20.1. The molecule has 6 nitrogen and oxygen atoms in total. The molecule has 0 bridgehead atoms. The number of ether oxygens (including phenoxy) is 1. The van der Waals surface area contributed by atoms with E-state index in [9.17, 15) is 5.11 Å². The van der Waals surface area contributed by atoms with Gasteiger partial charge in [-0.3, -0.25) is 9.89 Å². The van der Waals surface area contributed by atoms with Crippen molar-refractivity contribution >= 4 is 17.3 Å². The lowest BCUT2D eigenvalue weighted by Gasteiger charge is -2.44. The van der Waals surface area contributed by atoms with Crippen molar-refractivity contribution in [1.29, 1.82) is 0 Å². The highest BCUT2D eigenvalue weighted by Gasteiger charge is 2.33. The first-order valence-electron chi connectivity index (χ1n) is 9.82. The van der Waals surface area contributed by atoms with Gasteiger partial charge < -0.3 is 20.5 Å². The van der Waals surface area contributed by atoms with Crippen LogP contribution in [0.25, 0.3) is 0 Å². The van der Waals surface area contributed by atoms with Crippen LogP contribution in [0.1, 0.15) is 47.1 Å². The summed E-state index contributed by atoms with van der Waals surface area (Å²) in [7, 11) is 0. The molecule has 1 aliphatic heterocycles. The van der Waals surface area contributed by atoms with Crippen molar-refractivity contribution in [2.24, 2.45) is 4.99 Å². The van der Waals surface area contributed by atoms with Gasteiger partial charge in [0, 0.05) is 25.2 Å². The van der Waals surface area contributed by atoms with Gasteiger partial charge in [0.25, 0.3) is 0 Å². The van der Waals surface area contributed by atoms with E-state index in [1.165, 1.54) is 0 Å². The molecule has 0 radical (unpaired) electrons. The monoisotopic (exact) mass is 396 g/mol. The number of nitrogens with zero attached hydrogens (tertiary/aromatic N) is 2. The number of guanidine groups is 1. The molecule has 3 N–H and O–H groups in total. The van der Waals surface area contributed by atoms with Crippen LogP contribution >= 0.6 is 11.3 Å². The number of hydrogen-bond donors (Lipinski definition) is 3. The zero-order valence-corrected chi connectivity index (χ0v) is 18.4. The van der Waals surface area contributed by atoms with Gasteiger partial charge in [-0.2, -0.15) is 11.3 Å². The highest BCUT2D eigenvalue weighted by molar-refractivity contribution is 7.08. The first-order valence-corrected chi connectivity index (χ1v) is 10.8. The Bertz CT molecular complexity index is 591. The number of morpholine rings is 1. The molecular formula is C20H36N4O2S. The molecule has 154 valence electrons. The molecule has 2 rings (SSSR count). The Morgan fingerprint density at radius 3 is 2.52 bits per heavy atom. The third-order valence-electron chi connectivity index (χ3n) is 4.99. The van der Waals surface area contributed by atoms with Crippen molar-refractivity contribution in [1.82, 2.24) is 15.5 Å². The Labute approximate surface area is 168 Å². The number of rotatable bonds is 7. The van der Waals surface area contributed by atoms with Crippen LogP contribution < -0.4 is 10.6 Å². The van der Waals surface area contributed by atoms with Crippen LogP contribution in [-0.2, 0) is 10.3 Å². The van der Waals surface area contributed by atoms with Gasteiger partial charge in [-0.25, -0.2) is 0 Å². The summed E-state index contributed by atoms with van der Waals surface area (Å²) < 4.78 is 5.86. The first-order chi connectivity index (χ1) is 12.6. The maximum absolute atomic E-state index is 10.7. The van der Waals surface area contributed by atoms with Crippen LogP contribution in [0, 0.1) is 0 Å². The summed E-state index contributed by atoms with van der Waals surface area (Å²) in [5.41, 5.74) is -0.0711. The predicted octanol–water partition coefficient (Wildman–Crippen LogP) is 2.40. The van der Waals surface area contributed by atoms with Crippen molar-refractivity contribution < 1.29 is 9.84 Å². The van der Waals surface area contributed by atoms with Crippen molar-refractivity contribution in [3.63, 3.8) is 0 Å². The van der Waals surface area contributed by atoms with Crippen LogP contribution in [0.5, 0.6) is 0 Å². The molecule has 1 aromatic heterocycles. The molecule has 0 aromatic carbocycles. The van der Waals surface area contributed by atoms with E-state index in [1.54, 1.807) is 11.3 Å². The topological polar surface area (TPSA) is 69.1 Å². The highest BCUT2D eigenvalue weighted by atomic mass is 32.1. The van der Waals surface area contributed by atoms with Crippen LogP contribution in [0.3, 0.4) is 0 Å². The van der Waals surface area contributed by atoms with Gasteiger partial charge in [-0.15, -0.1) is 0 Å². The Morgan fingerprint density at radius 2 is 1.96 bits per heavy atom. The number of hydrogen-bond acceptors (Lipinski definition) is 5. The van der Waals surface area contributed by atoms with Crippen LogP contribution in [0.4, 0.5) is 0 Å². The van der Waals surface area contributed by atoms with Crippen LogP contribution in [0.15, 0.2) is 21.8 Å². The van der Waals surface area contributed by atoms with Gasteiger partial charge in [0.1, 0.15) is 5.60 Å². The van der Waals surface area contributed by atoms with E-state index in [1.807, 2.05) is 30.7 Å². The number of aliphatic imine (C=N–C) groups is 1. The lowest BCUT2D eigenvalue weighted by atomic mass is 9.99. The van der Waals surface area contributed by atoms with Gasteiger partial charge in [0.05, 0.1) is 25.3 Å². The summed E-state index contributed by atoms with van der Waals surface area (Å²) >= 11 is 1.59. The number of thiophene rings is 1. The highest BCUT2D eigenvalue weighted by Crippen LogP contribution is 2.23. The molecule has 3 unspecified atom stereocenters. The first kappa shape index (κ1) is 22.1. The molecule has 0 saturated carbocycles. The largest absolute Gasteiger partial charge is 0.384 e. The second-order valence-corrected chi connectivity index (χ2v) is 9.09. The maximum Gasteiger partial charge on any atom is 0.191 e. The summed E-state index contributed by atoms with van der Waals surface area (Å²) in [4.78, 5) is 7.26. The van der Waals surface area contributed by atoms with Crippen molar-refractivity contribution in [2.45, 2.75) is 64.9 Å². The molecule has 1 aliphatic rings. The smallest absolute Gasteiger partial charge is 0.191 e. The lowest BCUT2D eigenvalue weighted by Crippen LogP contribution is -2.56. The summed E-state index contributed by atoms with van der Waals surface area (Å²) in [6, 6.07) is 1.96. The second kappa shape index (κ2) is 9.37. The molecule has 0 aliphatic carbocycles. The molecular weight excluding hydrogens is 360 g/mol. The molecule has 1 fully saturated rings. The van der Waals surface area contributed by atoms with Gasteiger partial charge in [0.15, 0.2) is 5.96 Å². The van der Waals surface area contributed by atoms with Gasteiger partial charge in [-0.05, 0) is 63.9 Å². The molecule has 27 heavy (non-hydrogen) atoms. The molecule has 2 heterocycles. The third-order valence-corrected chi connectivity index (χ3v) is 5.67. The second-order valence-electron chi connectivity index (χ2n) is 8.31. The maximum atomic E-state index is 10.7. The van der Waals surface area contributed by atoms with Crippen LogP contribution in [-0.4, -0.2) is 66.4 Å². The average molecular weight is 397 g/mol. The van der Waals surface area contributed by atoms with Crippen molar-refractivity contribution in [2.75, 3.05) is 32.7 Å². The van der Waals surface area contributed by atoms with Crippen molar-refractivity contribution in [3.05, 3.63) is 22.4 Å². The third kappa shape index (κ3) is 6.45. The standard InChI is InChI=1S/C20H36N4O2S/c1-7-21-18(23-14-20(6,25)17-8-9-27-12-17)22-13-19(4,5)24-10-15(2)26-16(3)11-24/h8-9,12,15-16,25H,7,10-11,13-14H2,1-6H3,(H2,21,22,23).